The van der Waals surface area contributed by atoms with Crippen LogP contribution in [0.4, 0.5) is 39.5 Å². The summed E-state index contributed by atoms with van der Waals surface area (Å²) in [7, 11) is 0. The van der Waals surface area contributed by atoms with E-state index in [9.17, 15) is 45.0 Å². The van der Waals surface area contributed by atoms with Crippen LogP contribution in [0.25, 0.3) is 0 Å². The zero-order valence-electron chi connectivity index (χ0n) is 17.8. The zero-order valence-corrected chi connectivity index (χ0v) is 17.8. The van der Waals surface area contributed by atoms with Crippen molar-refractivity contribution in [1.82, 2.24) is 0 Å². The molecule has 0 saturated heterocycles. The summed E-state index contributed by atoms with van der Waals surface area (Å²) in [5.41, 5.74) is -9.13. The number of hydrogen-bond donors (Lipinski definition) is 1. The normalized spacial score (nSPS) is 26.5. The maximum atomic E-state index is 15.2. The van der Waals surface area contributed by atoms with Gasteiger partial charge >= 0.3 is 29.7 Å². The van der Waals surface area contributed by atoms with Crippen molar-refractivity contribution in [3.8, 4) is 0 Å². The maximum Gasteiger partial charge on any atom is 0.381 e. The third-order valence-electron chi connectivity index (χ3n) is 6.59. The molecule has 0 aliphatic heterocycles. The summed E-state index contributed by atoms with van der Waals surface area (Å²) >= 11 is 0. The number of benzene rings is 1. The Bertz CT molecular complexity index is 859. The molecule has 2 saturated carbocycles. The van der Waals surface area contributed by atoms with Crippen LogP contribution in [0.15, 0.2) is 30.3 Å². The number of aryl methyl sites for hydroxylation is 1. The molecule has 1 unspecified atom stereocenters. The average Bonchev–Trinajstić information content (AvgIpc) is 2.82. The fraction of sp³-hybridized carbons (Fsp3) is 0.682. The average molecular weight is 506 g/mol. The van der Waals surface area contributed by atoms with Crippen molar-refractivity contribution in [1.29, 1.82) is 0 Å². The van der Waals surface area contributed by atoms with Crippen LogP contribution in [-0.2, 0) is 16.0 Å². The van der Waals surface area contributed by atoms with E-state index in [0.717, 1.165) is 6.42 Å². The van der Waals surface area contributed by atoms with E-state index in [0.29, 0.717) is 18.4 Å². The van der Waals surface area contributed by atoms with E-state index in [4.69, 9.17) is 4.74 Å². The molecule has 1 N–H and O–H groups in total. The van der Waals surface area contributed by atoms with Gasteiger partial charge in [0.05, 0.1) is 0 Å². The van der Waals surface area contributed by atoms with Crippen LogP contribution in [-0.4, -0.2) is 52.1 Å². The van der Waals surface area contributed by atoms with Gasteiger partial charge < -0.3 is 9.84 Å². The quantitative estimate of drug-likeness (QED) is 0.371. The van der Waals surface area contributed by atoms with Crippen molar-refractivity contribution < 1.29 is 54.2 Å². The molecule has 1 atom stereocenters. The fourth-order valence-corrected chi connectivity index (χ4v) is 4.42. The molecule has 1 aromatic rings. The van der Waals surface area contributed by atoms with Crippen molar-refractivity contribution in [2.45, 2.75) is 92.4 Å². The molecule has 0 aromatic heterocycles. The lowest BCUT2D eigenvalue weighted by molar-refractivity contribution is -0.303. The summed E-state index contributed by atoms with van der Waals surface area (Å²) in [4.78, 5) is 12.7. The Hall–Kier alpha value is -1.98. The van der Waals surface area contributed by atoms with Gasteiger partial charge in [-0.25, -0.2) is 9.18 Å². The highest BCUT2D eigenvalue weighted by Gasteiger charge is 3.00. The Kier molecular flexibility index (Phi) is 6.73. The maximum absolute atomic E-state index is 15.2. The number of ether oxygens (including phenoxy) is 1. The molecule has 2 aliphatic rings. The van der Waals surface area contributed by atoms with Gasteiger partial charge in [0.1, 0.15) is 6.10 Å². The first-order chi connectivity index (χ1) is 15.5. The monoisotopic (exact) mass is 506 g/mol. The van der Waals surface area contributed by atoms with E-state index in [1.165, 1.54) is 24.3 Å². The Morgan fingerprint density at radius 2 is 1.35 bits per heavy atom. The van der Waals surface area contributed by atoms with Crippen LogP contribution in [0.5, 0.6) is 0 Å². The van der Waals surface area contributed by atoms with E-state index >= 15 is 4.39 Å². The van der Waals surface area contributed by atoms with Crippen LogP contribution in [0.2, 0.25) is 0 Å². The van der Waals surface area contributed by atoms with Crippen molar-refractivity contribution in [3.63, 3.8) is 0 Å². The highest BCUT2D eigenvalue weighted by Crippen LogP contribution is 2.70. The summed E-state index contributed by atoms with van der Waals surface area (Å²) in [6.07, 6.45) is -2.45. The third-order valence-corrected chi connectivity index (χ3v) is 6.59. The van der Waals surface area contributed by atoms with Gasteiger partial charge in [-0.2, -0.15) is 35.1 Å². The molecule has 34 heavy (non-hydrogen) atoms. The highest BCUT2D eigenvalue weighted by molar-refractivity contribution is 5.79. The summed E-state index contributed by atoms with van der Waals surface area (Å²) in [6.45, 7) is 0. The molecule has 1 aromatic carbocycles. The first-order valence-electron chi connectivity index (χ1n) is 10.7. The number of halogens is 9. The molecule has 0 radical (unpaired) electrons. The number of hydrogen-bond acceptors (Lipinski definition) is 3. The first kappa shape index (κ1) is 26.6. The Balaban J connectivity index is 1.98. The number of esters is 1. The standard InChI is InChI=1S/C22H23F9O3/c23-18(19(24,25)21(28,29)22(30,31)20(18,26)27)13-17(33,12-11-14-7-3-1-4-8-14)16(32)34-15-9-5-2-6-10-15/h1,3-4,7-8,15,33H,2,5-6,9-13H2. The molecule has 3 nitrogen and oxygen atoms in total. The second kappa shape index (κ2) is 8.60. The van der Waals surface area contributed by atoms with Gasteiger partial charge in [-0.1, -0.05) is 36.8 Å². The molecule has 0 amide bonds. The van der Waals surface area contributed by atoms with E-state index in [2.05, 4.69) is 0 Å². The first-order valence-corrected chi connectivity index (χ1v) is 10.7. The lowest BCUT2D eigenvalue weighted by atomic mass is 9.80. The van der Waals surface area contributed by atoms with Crippen LogP contribution in [0.3, 0.4) is 0 Å². The summed E-state index contributed by atoms with van der Waals surface area (Å²) in [5, 5.41) is 10.8. The number of rotatable bonds is 7. The minimum atomic E-state index is -6.79. The van der Waals surface area contributed by atoms with Crippen molar-refractivity contribution in [2.75, 3.05) is 0 Å². The Morgan fingerprint density at radius 3 is 1.85 bits per heavy atom. The summed E-state index contributed by atoms with van der Waals surface area (Å²) in [6, 6.07) is 7.48. The van der Waals surface area contributed by atoms with Gasteiger partial charge in [0, 0.05) is 6.42 Å². The van der Waals surface area contributed by atoms with E-state index in [1.54, 1.807) is 6.07 Å². The molecule has 0 heterocycles. The second-order valence-electron chi connectivity index (χ2n) is 8.96. The topological polar surface area (TPSA) is 46.5 Å². The molecule has 12 heteroatoms. The van der Waals surface area contributed by atoms with Crippen molar-refractivity contribution in [3.05, 3.63) is 35.9 Å². The number of aliphatic hydroxyl groups is 1. The van der Waals surface area contributed by atoms with Crippen LogP contribution >= 0.6 is 0 Å². The van der Waals surface area contributed by atoms with Gasteiger partial charge in [-0.3, -0.25) is 0 Å². The lowest BCUT2D eigenvalue weighted by Crippen LogP contribution is -2.60. The van der Waals surface area contributed by atoms with Gasteiger partial charge in [0.25, 0.3) is 5.67 Å². The van der Waals surface area contributed by atoms with Crippen LogP contribution in [0, 0.1) is 0 Å². The highest BCUT2D eigenvalue weighted by atomic mass is 19.4. The van der Waals surface area contributed by atoms with Crippen LogP contribution in [0.1, 0.15) is 50.5 Å². The Morgan fingerprint density at radius 1 is 0.853 bits per heavy atom. The minimum Gasteiger partial charge on any atom is -0.460 e. The largest absolute Gasteiger partial charge is 0.460 e. The second-order valence-corrected chi connectivity index (χ2v) is 8.96. The predicted molar refractivity (Wildman–Crippen MR) is 101 cm³/mol. The molecule has 2 fully saturated rings. The molecular formula is C22H23F9O3. The van der Waals surface area contributed by atoms with Crippen molar-refractivity contribution in [2.24, 2.45) is 0 Å². The molecular weight excluding hydrogens is 483 g/mol. The minimum absolute atomic E-state index is 0.281. The molecule has 2 aliphatic carbocycles. The lowest BCUT2D eigenvalue weighted by Gasteiger charge is -2.38. The summed E-state index contributed by atoms with van der Waals surface area (Å²) < 4.78 is 132. The molecule has 0 spiro atoms. The smallest absolute Gasteiger partial charge is 0.381 e. The fourth-order valence-electron chi connectivity index (χ4n) is 4.42. The van der Waals surface area contributed by atoms with Gasteiger partial charge in [-0.05, 0) is 44.1 Å². The zero-order chi connectivity index (χ0) is 25.6. The predicted octanol–water partition coefficient (Wildman–Crippen LogP) is 5.88. The molecule has 0 bridgehead atoms. The van der Waals surface area contributed by atoms with Gasteiger partial charge in [0.15, 0.2) is 5.60 Å². The third kappa shape index (κ3) is 3.85. The number of carbonyl (C=O) groups excluding carboxylic acids is 1. The molecule has 192 valence electrons. The van der Waals surface area contributed by atoms with E-state index < -0.39 is 59.9 Å². The SMILES string of the molecule is O=C(OC1CCCCC1)C(O)(CCc1ccccc1)CC1(F)C(F)(F)C(F)(F)C(F)(F)C1(F)F. The van der Waals surface area contributed by atoms with E-state index in [-0.39, 0.29) is 19.3 Å². The molecule has 3 rings (SSSR count). The summed E-state index contributed by atoms with van der Waals surface area (Å²) in [5.74, 6) is -28.6. The van der Waals surface area contributed by atoms with E-state index in [1.807, 2.05) is 0 Å². The number of alkyl halides is 9. The Labute approximate surface area is 189 Å². The van der Waals surface area contributed by atoms with Gasteiger partial charge in [0.2, 0.25) is 0 Å². The van der Waals surface area contributed by atoms with Gasteiger partial charge in [-0.15, -0.1) is 0 Å². The number of carbonyl (C=O) groups is 1. The van der Waals surface area contributed by atoms with Crippen LogP contribution < -0.4 is 0 Å². The van der Waals surface area contributed by atoms with Crippen molar-refractivity contribution >= 4 is 5.97 Å².